The lowest BCUT2D eigenvalue weighted by Gasteiger charge is -2.31. The van der Waals surface area contributed by atoms with Crippen LogP contribution < -0.4 is 16.6 Å². The van der Waals surface area contributed by atoms with Gasteiger partial charge < -0.3 is 14.8 Å². The van der Waals surface area contributed by atoms with Gasteiger partial charge in [-0.25, -0.2) is 14.3 Å². The van der Waals surface area contributed by atoms with Crippen LogP contribution in [0.3, 0.4) is 0 Å². The number of hydrogen-bond donors (Lipinski definition) is 2. The number of benzene rings is 1. The van der Waals surface area contributed by atoms with E-state index in [1.165, 1.54) is 9.25 Å². The van der Waals surface area contributed by atoms with Gasteiger partial charge in [0.25, 0.3) is 5.56 Å². The highest BCUT2D eigenvalue weighted by molar-refractivity contribution is 5.89. The van der Waals surface area contributed by atoms with E-state index in [1.807, 2.05) is 30.3 Å². The second kappa shape index (κ2) is 9.37. The summed E-state index contributed by atoms with van der Waals surface area (Å²) in [5.74, 6) is 0.523. The predicted octanol–water partition coefficient (Wildman–Crippen LogP) is 2.26. The van der Waals surface area contributed by atoms with Crippen molar-refractivity contribution in [2.75, 3.05) is 18.4 Å². The van der Waals surface area contributed by atoms with E-state index in [4.69, 9.17) is 0 Å². The van der Waals surface area contributed by atoms with Gasteiger partial charge in [-0.05, 0) is 18.9 Å². The van der Waals surface area contributed by atoms with Crippen LogP contribution in [0.25, 0.3) is 22.6 Å². The molecule has 1 saturated heterocycles. The SMILES string of the molecule is Cn1cc(-c2cnccn2)cc(NC(=O)N2CCC(n3nc(-c4ccccc4)[nH]c3=O)CC2)c1=O. The number of carbonyl (C=O) groups is 1. The van der Waals surface area contributed by atoms with Crippen LogP contribution in [0.5, 0.6) is 0 Å². The van der Waals surface area contributed by atoms with E-state index < -0.39 is 0 Å². The Morgan fingerprint density at radius 3 is 2.57 bits per heavy atom. The summed E-state index contributed by atoms with van der Waals surface area (Å²) >= 11 is 0. The first-order valence-electron chi connectivity index (χ1n) is 11.3. The summed E-state index contributed by atoms with van der Waals surface area (Å²) in [5.41, 5.74) is 1.68. The fourth-order valence-electron chi connectivity index (χ4n) is 4.21. The summed E-state index contributed by atoms with van der Waals surface area (Å²) in [6.07, 6.45) is 7.52. The van der Waals surface area contributed by atoms with Gasteiger partial charge in [-0.2, -0.15) is 0 Å². The molecule has 0 radical (unpaired) electrons. The van der Waals surface area contributed by atoms with Crippen molar-refractivity contribution in [3.8, 4) is 22.6 Å². The van der Waals surface area contributed by atoms with Crippen LogP contribution in [0.1, 0.15) is 18.9 Å². The van der Waals surface area contributed by atoms with Crippen LogP contribution in [-0.2, 0) is 7.05 Å². The average molecular weight is 473 g/mol. The van der Waals surface area contributed by atoms with Gasteiger partial charge in [0.1, 0.15) is 5.69 Å². The third kappa shape index (κ3) is 4.60. The molecule has 178 valence electrons. The van der Waals surface area contributed by atoms with Gasteiger partial charge in [-0.15, -0.1) is 5.10 Å². The molecule has 2 amide bonds. The summed E-state index contributed by atoms with van der Waals surface area (Å²) in [5, 5.41) is 7.21. The van der Waals surface area contributed by atoms with E-state index >= 15 is 0 Å². The molecule has 0 atom stereocenters. The number of hydrogen-bond acceptors (Lipinski definition) is 6. The Kier molecular flexibility index (Phi) is 5.96. The number of carbonyl (C=O) groups excluding carboxylic acids is 1. The lowest BCUT2D eigenvalue weighted by molar-refractivity contribution is 0.179. The third-order valence-corrected chi connectivity index (χ3v) is 6.07. The molecule has 0 aliphatic carbocycles. The molecular formula is C24H24N8O3. The van der Waals surface area contributed by atoms with Crippen molar-refractivity contribution in [1.82, 2.24) is 34.2 Å². The zero-order valence-corrected chi connectivity index (χ0v) is 19.1. The van der Waals surface area contributed by atoms with E-state index in [9.17, 15) is 14.4 Å². The molecule has 0 bridgehead atoms. The molecule has 11 nitrogen and oxygen atoms in total. The number of nitrogens with zero attached hydrogens (tertiary/aromatic N) is 6. The molecule has 11 heteroatoms. The zero-order chi connectivity index (χ0) is 24.4. The first-order chi connectivity index (χ1) is 17.0. The van der Waals surface area contributed by atoms with E-state index in [1.54, 1.807) is 42.8 Å². The molecule has 4 aromatic rings. The van der Waals surface area contributed by atoms with Crippen LogP contribution in [0, 0.1) is 0 Å². The van der Waals surface area contributed by atoms with Crippen LogP contribution in [0.4, 0.5) is 10.5 Å². The fourth-order valence-corrected chi connectivity index (χ4v) is 4.21. The van der Waals surface area contributed by atoms with E-state index in [-0.39, 0.29) is 29.0 Å². The largest absolute Gasteiger partial charge is 0.343 e. The van der Waals surface area contributed by atoms with E-state index in [0.717, 1.165) is 5.56 Å². The normalized spacial score (nSPS) is 14.1. The lowest BCUT2D eigenvalue weighted by Crippen LogP contribution is -2.43. The number of H-pyrrole nitrogens is 1. The minimum Gasteiger partial charge on any atom is -0.324 e. The van der Waals surface area contributed by atoms with Gasteiger partial charge in [-0.1, -0.05) is 30.3 Å². The van der Waals surface area contributed by atoms with Gasteiger partial charge >= 0.3 is 11.7 Å². The summed E-state index contributed by atoms with van der Waals surface area (Å²) in [4.78, 5) is 50.8. The smallest absolute Gasteiger partial charge is 0.324 e. The van der Waals surface area contributed by atoms with E-state index in [2.05, 4.69) is 25.4 Å². The number of pyridine rings is 1. The molecule has 5 rings (SSSR count). The molecule has 4 heterocycles. The first-order valence-corrected chi connectivity index (χ1v) is 11.3. The Labute approximate surface area is 200 Å². The second-order valence-corrected chi connectivity index (χ2v) is 8.39. The molecule has 35 heavy (non-hydrogen) atoms. The Balaban J connectivity index is 1.27. The number of anilines is 1. The number of rotatable bonds is 4. The topological polar surface area (TPSA) is 131 Å². The molecule has 0 unspecified atom stereocenters. The second-order valence-electron chi connectivity index (χ2n) is 8.39. The highest BCUT2D eigenvalue weighted by atomic mass is 16.2. The minimum atomic E-state index is -0.365. The minimum absolute atomic E-state index is 0.117. The third-order valence-electron chi connectivity index (χ3n) is 6.07. The van der Waals surface area contributed by atoms with Gasteiger partial charge in [0.2, 0.25) is 0 Å². The number of urea groups is 1. The maximum atomic E-state index is 12.9. The number of aryl methyl sites for hydroxylation is 1. The van der Waals surface area contributed by atoms with Crippen molar-refractivity contribution in [3.05, 3.63) is 82.0 Å². The number of amides is 2. The van der Waals surface area contributed by atoms with Gasteiger partial charge in [0.15, 0.2) is 5.82 Å². The maximum Gasteiger partial charge on any atom is 0.343 e. The summed E-state index contributed by atoms with van der Waals surface area (Å²) < 4.78 is 2.87. The van der Waals surface area contributed by atoms with Crippen molar-refractivity contribution >= 4 is 11.7 Å². The Morgan fingerprint density at radius 1 is 1.09 bits per heavy atom. The molecule has 3 aromatic heterocycles. The predicted molar refractivity (Wildman–Crippen MR) is 130 cm³/mol. The molecule has 1 aliphatic heterocycles. The fraction of sp³-hybridized carbons (Fsp3) is 0.250. The summed E-state index contributed by atoms with van der Waals surface area (Å²) in [6.45, 7) is 0.862. The average Bonchev–Trinajstić information content (AvgIpc) is 3.29. The lowest BCUT2D eigenvalue weighted by atomic mass is 10.1. The van der Waals surface area contributed by atoms with Crippen LogP contribution in [-0.4, -0.2) is 53.3 Å². The van der Waals surface area contributed by atoms with Crippen molar-refractivity contribution < 1.29 is 4.79 Å². The standard InChI is InChI=1S/C24H24N8O3/c1-30-15-17(20-14-25-9-10-26-20)13-19(22(30)33)27-23(34)31-11-7-18(8-12-31)32-24(35)28-21(29-32)16-5-3-2-4-6-16/h2-6,9-10,13-15,18H,7-8,11-12H2,1H3,(H,27,34)(H,28,29,35). The molecular weight excluding hydrogens is 448 g/mol. The maximum absolute atomic E-state index is 12.9. The number of piperidine rings is 1. The van der Waals surface area contributed by atoms with Crippen molar-refractivity contribution in [2.45, 2.75) is 18.9 Å². The monoisotopic (exact) mass is 472 g/mol. The van der Waals surface area contributed by atoms with Gasteiger partial charge in [0.05, 0.1) is 17.9 Å². The number of aromatic amines is 1. The zero-order valence-electron chi connectivity index (χ0n) is 19.1. The quantitative estimate of drug-likeness (QED) is 0.469. The Hall–Kier alpha value is -4.54. The van der Waals surface area contributed by atoms with Gasteiger partial charge in [0, 0.05) is 49.9 Å². The number of nitrogens with one attached hydrogen (secondary N) is 2. The molecule has 1 aliphatic rings. The molecule has 2 N–H and O–H groups in total. The molecule has 1 aromatic carbocycles. The van der Waals surface area contributed by atoms with Crippen LogP contribution in [0.15, 0.2) is 70.8 Å². The first kappa shape index (κ1) is 22.3. The van der Waals surface area contributed by atoms with Crippen molar-refractivity contribution in [2.24, 2.45) is 7.05 Å². The molecule has 0 spiro atoms. The van der Waals surface area contributed by atoms with Gasteiger partial charge in [-0.3, -0.25) is 19.7 Å². The van der Waals surface area contributed by atoms with Crippen LogP contribution in [0.2, 0.25) is 0 Å². The molecule has 0 saturated carbocycles. The highest BCUT2D eigenvalue weighted by Crippen LogP contribution is 2.23. The van der Waals surface area contributed by atoms with Crippen molar-refractivity contribution in [1.29, 1.82) is 0 Å². The van der Waals surface area contributed by atoms with Crippen LogP contribution >= 0.6 is 0 Å². The molecule has 1 fully saturated rings. The Bertz CT molecular complexity index is 1450. The highest BCUT2D eigenvalue weighted by Gasteiger charge is 2.26. The summed E-state index contributed by atoms with van der Waals surface area (Å²) in [7, 11) is 1.62. The number of likely N-dealkylation sites (tertiary alicyclic amines) is 1. The Morgan fingerprint density at radius 2 is 1.86 bits per heavy atom. The van der Waals surface area contributed by atoms with E-state index in [0.29, 0.717) is 43.0 Å². The summed E-state index contributed by atoms with van der Waals surface area (Å²) in [6, 6.07) is 10.6. The van der Waals surface area contributed by atoms with Crippen molar-refractivity contribution in [3.63, 3.8) is 0 Å². The number of aromatic nitrogens is 6.